The van der Waals surface area contributed by atoms with Gasteiger partial charge in [0.2, 0.25) is 0 Å². The summed E-state index contributed by atoms with van der Waals surface area (Å²) in [6, 6.07) is 2.05. The number of hydrogen-bond acceptors (Lipinski definition) is 4. The summed E-state index contributed by atoms with van der Waals surface area (Å²) in [5.41, 5.74) is 0. The smallest absolute Gasteiger partial charge is 0.150 e. The highest BCUT2D eigenvalue weighted by atomic mass is 16.5. The number of aromatic nitrogens is 1. The molecule has 1 aromatic rings. The van der Waals surface area contributed by atoms with Crippen molar-refractivity contribution in [2.45, 2.75) is 44.4 Å². The molecule has 0 radical (unpaired) electrons. The summed E-state index contributed by atoms with van der Waals surface area (Å²) in [6.45, 7) is 0.654. The molecule has 0 amide bonds. The maximum Gasteiger partial charge on any atom is 0.150 e. The standard InChI is InChI=1S/C10H16N2O2/c13-10-4-2-1-3-9(10)11-7-8-5-6-12-14-8/h5-6,9-11,13H,1-4,7H2/t9-,10-/m1/s1. The van der Waals surface area contributed by atoms with Gasteiger partial charge in [-0.15, -0.1) is 0 Å². The lowest BCUT2D eigenvalue weighted by atomic mass is 9.92. The molecule has 4 nitrogen and oxygen atoms in total. The van der Waals surface area contributed by atoms with Crippen LogP contribution >= 0.6 is 0 Å². The SMILES string of the molecule is O[C@@H]1CCCC[C@H]1NCc1ccno1. The van der Waals surface area contributed by atoms with Gasteiger partial charge in [-0.3, -0.25) is 0 Å². The third-order valence-corrected chi connectivity index (χ3v) is 2.76. The van der Waals surface area contributed by atoms with Gasteiger partial charge in [-0.2, -0.15) is 0 Å². The molecule has 14 heavy (non-hydrogen) atoms. The minimum absolute atomic E-state index is 0.202. The van der Waals surface area contributed by atoms with Gasteiger partial charge in [-0.25, -0.2) is 0 Å². The lowest BCUT2D eigenvalue weighted by molar-refractivity contribution is 0.0890. The zero-order chi connectivity index (χ0) is 9.80. The van der Waals surface area contributed by atoms with Crippen LogP contribution in [0.4, 0.5) is 0 Å². The third kappa shape index (κ3) is 2.33. The average molecular weight is 196 g/mol. The Bertz CT molecular complexity index is 261. The molecule has 1 saturated carbocycles. The molecule has 4 heteroatoms. The first kappa shape index (κ1) is 9.68. The summed E-state index contributed by atoms with van der Waals surface area (Å²) in [5.74, 6) is 0.822. The van der Waals surface area contributed by atoms with Crippen molar-refractivity contribution in [3.8, 4) is 0 Å². The summed E-state index contributed by atoms with van der Waals surface area (Å²) >= 11 is 0. The number of aliphatic hydroxyl groups is 1. The second-order valence-electron chi connectivity index (χ2n) is 3.82. The molecular formula is C10H16N2O2. The van der Waals surface area contributed by atoms with Crippen LogP contribution in [0.25, 0.3) is 0 Å². The average Bonchev–Trinajstić information content (AvgIpc) is 2.69. The maximum atomic E-state index is 9.69. The Morgan fingerprint density at radius 2 is 2.36 bits per heavy atom. The number of nitrogens with one attached hydrogen (secondary N) is 1. The van der Waals surface area contributed by atoms with E-state index < -0.39 is 0 Å². The Hall–Kier alpha value is -0.870. The van der Waals surface area contributed by atoms with Crippen LogP contribution in [0, 0.1) is 0 Å². The fourth-order valence-electron chi connectivity index (χ4n) is 1.91. The molecule has 78 valence electrons. The second-order valence-corrected chi connectivity index (χ2v) is 3.82. The van der Waals surface area contributed by atoms with Crippen molar-refractivity contribution >= 4 is 0 Å². The van der Waals surface area contributed by atoms with Gasteiger partial charge >= 0.3 is 0 Å². The van der Waals surface area contributed by atoms with Gasteiger partial charge in [0, 0.05) is 12.1 Å². The molecule has 0 aliphatic heterocycles. The summed E-state index contributed by atoms with van der Waals surface area (Å²) in [5, 5.41) is 16.6. The highest BCUT2D eigenvalue weighted by molar-refractivity contribution is 4.93. The minimum Gasteiger partial charge on any atom is -0.392 e. The molecule has 0 bridgehead atoms. The predicted octanol–water partition coefficient (Wildman–Crippen LogP) is 1.07. The molecule has 1 aliphatic carbocycles. The fraction of sp³-hybridized carbons (Fsp3) is 0.700. The van der Waals surface area contributed by atoms with Crippen molar-refractivity contribution < 1.29 is 9.63 Å². The molecule has 0 spiro atoms. The van der Waals surface area contributed by atoms with E-state index in [2.05, 4.69) is 10.5 Å². The summed E-state index contributed by atoms with van der Waals surface area (Å²) in [6.07, 6.45) is 5.73. The molecule has 2 atom stereocenters. The normalized spacial score (nSPS) is 27.8. The lowest BCUT2D eigenvalue weighted by Gasteiger charge is -2.28. The van der Waals surface area contributed by atoms with E-state index in [4.69, 9.17) is 4.52 Å². The quantitative estimate of drug-likeness (QED) is 0.759. The van der Waals surface area contributed by atoms with Crippen molar-refractivity contribution in [3.63, 3.8) is 0 Å². The van der Waals surface area contributed by atoms with E-state index >= 15 is 0 Å². The molecule has 0 aromatic carbocycles. The van der Waals surface area contributed by atoms with Crippen LogP contribution in [0.2, 0.25) is 0 Å². The zero-order valence-corrected chi connectivity index (χ0v) is 8.15. The highest BCUT2D eigenvalue weighted by Gasteiger charge is 2.22. The number of nitrogens with zero attached hydrogens (tertiary/aromatic N) is 1. The zero-order valence-electron chi connectivity index (χ0n) is 8.15. The van der Waals surface area contributed by atoms with Crippen molar-refractivity contribution in [1.82, 2.24) is 10.5 Å². The van der Waals surface area contributed by atoms with E-state index in [1.807, 2.05) is 6.07 Å². The molecule has 0 unspecified atom stereocenters. The molecule has 1 heterocycles. The van der Waals surface area contributed by atoms with E-state index in [-0.39, 0.29) is 12.1 Å². The minimum atomic E-state index is -0.202. The Labute approximate surface area is 83.3 Å². The van der Waals surface area contributed by atoms with Crippen molar-refractivity contribution in [2.24, 2.45) is 0 Å². The van der Waals surface area contributed by atoms with Crippen LogP contribution in [0.15, 0.2) is 16.8 Å². The molecule has 2 rings (SSSR count). The van der Waals surface area contributed by atoms with E-state index in [0.29, 0.717) is 6.54 Å². The topological polar surface area (TPSA) is 58.3 Å². The summed E-state index contributed by atoms with van der Waals surface area (Å²) in [4.78, 5) is 0. The van der Waals surface area contributed by atoms with Gasteiger partial charge in [0.25, 0.3) is 0 Å². The van der Waals surface area contributed by atoms with E-state index in [1.165, 1.54) is 6.42 Å². The largest absolute Gasteiger partial charge is 0.392 e. The fourth-order valence-corrected chi connectivity index (χ4v) is 1.91. The van der Waals surface area contributed by atoms with Gasteiger partial charge in [0.15, 0.2) is 0 Å². The Balaban J connectivity index is 1.79. The van der Waals surface area contributed by atoms with E-state index in [1.54, 1.807) is 6.20 Å². The van der Waals surface area contributed by atoms with Crippen molar-refractivity contribution in [2.75, 3.05) is 0 Å². The second kappa shape index (κ2) is 4.57. The van der Waals surface area contributed by atoms with Crippen LogP contribution in [0.5, 0.6) is 0 Å². The third-order valence-electron chi connectivity index (χ3n) is 2.76. The molecule has 0 saturated heterocycles. The Morgan fingerprint density at radius 3 is 3.07 bits per heavy atom. The molecular weight excluding hydrogens is 180 g/mol. The van der Waals surface area contributed by atoms with Crippen LogP contribution in [0.1, 0.15) is 31.4 Å². The number of aliphatic hydroxyl groups excluding tert-OH is 1. The maximum absolute atomic E-state index is 9.69. The monoisotopic (exact) mass is 196 g/mol. The Kier molecular flexibility index (Phi) is 3.16. The number of rotatable bonds is 3. The summed E-state index contributed by atoms with van der Waals surface area (Å²) < 4.78 is 4.97. The molecule has 1 fully saturated rings. The first-order chi connectivity index (χ1) is 6.86. The van der Waals surface area contributed by atoms with Crippen LogP contribution in [-0.2, 0) is 6.54 Å². The van der Waals surface area contributed by atoms with E-state index in [9.17, 15) is 5.11 Å². The van der Waals surface area contributed by atoms with Crippen molar-refractivity contribution in [3.05, 3.63) is 18.0 Å². The molecule has 1 aromatic heterocycles. The highest BCUT2D eigenvalue weighted by Crippen LogP contribution is 2.18. The van der Waals surface area contributed by atoms with Gasteiger partial charge in [0.05, 0.1) is 18.8 Å². The van der Waals surface area contributed by atoms with Gasteiger partial charge < -0.3 is 14.9 Å². The summed E-state index contributed by atoms with van der Waals surface area (Å²) in [7, 11) is 0. The number of hydrogen-bond donors (Lipinski definition) is 2. The Morgan fingerprint density at radius 1 is 1.50 bits per heavy atom. The van der Waals surface area contributed by atoms with Crippen LogP contribution in [-0.4, -0.2) is 22.4 Å². The first-order valence-corrected chi connectivity index (χ1v) is 5.17. The van der Waals surface area contributed by atoms with Crippen LogP contribution < -0.4 is 5.32 Å². The van der Waals surface area contributed by atoms with Gasteiger partial charge in [-0.1, -0.05) is 18.0 Å². The van der Waals surface area contributed by atoms with Crippen molar-refractivity contribution in [1.29, 1.82) is 0 Å². The molecule has 1 aliphatic rings. The van der Waals surface area contributed by atoms with Gasteiger partial charge in [-0.05, 0) is 12.8 Å². The lowest BCUT2D eigenvalue weighted by Crippen LogP contribution is -2.41. The predicted molar refractivity (Wildman–Crippen MR) is 51.6 cm³/mol. The van der Waals surface area contributed by atoms with E-state index in [0.717, 1.165) is 25.0 Å². The first-order valence-electron chi connectivity index (χ1n) is 5.17. The van der Waals surface area contributed by atoms with Gasteiger partial charge in [0.1, 0.15) is 5.76 Å². The van der Waals surface area contributed by atoms with Crippen LogP contribution in [0.3, 0.4) is 0 Å². The molecule has 2 N–H and O–H groups in total.